The van der Waals surface area contributed by atoms with Crippen molar-refractivity contribution in [2.75, 3.05) is 4.98 Å². The molecule has 140 valence electrons. The fourth-order valence-corrected chi connectivity index (χ4v) is 8.27. The van der Waals surface area contributed by atoms with Gasteiger partial charge in [-0.3, -0.25) is 0 Å². The Kier molecular flexibility index (Phi) is 5.15. The van der Waals surface area contributed by atoms with Gasteiger partial charge in [-0.25, -0.2) is 13.2 Å². The van der Waals surface area contributed by atoms with E-state index >= 15 is 0 Å². The second-order valence-electron chi connectivity index (χ2n) is 7.60. The first-order valence-corrected chi connectivity index (χ1v) is 10.8. The lowest BCUT2D eigenvalue weighted by atomic mass is 10.2. The van der Waals surface area contributed by atoms with Crippen molar-refractivity contribution in [3.63, 3.8) is 0 Å². The van der Waals surface area contributed by atoms with E-state index in [-0.39, 0.29) is 10.7 Å². The number of anilines is 1. The maximum atomic E-state index is 14.5. The van der Waals surface area contributed by atoms with E-state index in [9.17, 15) is 13.2 Å². The van der Waals surface area contributed by atoms with Gasteiger partial charge in [-0.1, -0.05) is 81.4 Å². The lowest BCUT2D eigenvalue weighted by molar-refractivity contribution is 0.496. The predicted molar refractivity (Wildman–Crippen MR) is 108 cm³/mol. The summed E-state index contributed by atoms with van der Waals surface area (Å²) in [5.41, 5.74) is -0.0248. The van der Waals surface area contributed by atoms with Crippen LogP contribution in [-0.2, 0) is 0 Å². The standard InChI is InChI=1S/C22H22F3NSi/c1-22(2,3)27(16-10-6-4-7-11-16,17-12-8-5-9-13-17)26-21-15-19(24)18(23)14-20(21)25/h4-15,26H,1-3H3. The van der Waals surface area contributed by atoms with E-state index in [0.717, 1.165) is 16.4 Å². The molecule has 0 amide bonds. The summed E-state index contributed by atoms with van der Waals surface area (Å²) in [6.07, 6.45) is 0. The van der Waals surface area contributed by atoms with E-state index in [1.165, 1.54) is 0 Å². The van der Waals surface area contributed by atoms with Crippen LogP contribution in [0, 0.1) is 17.5 Å². The van der Waals surface area contributed by atoms with Crippen LogP contribution in [0.1, 0.15) is 20.8 Å². The summed E-state index contributed by atoms with van der Waals surface area (Å²) in [4.78, 5) is 3.36. The Morgan fingerprint density at radius 1 is 0.667 bits per heavy atom. The van der Waals surface area contributed by atoms with Gasteiger partial charge in [0, 0.05) is 12.1 Å². The van der Waals surface area contributed by atoms with Crippen LogP contribution < -0.4 is 15.4 Å². The first-order valence-electron chi connectivity index (χ1n) is 8.79. The highest BCUT2D eigenvalue weighted by molar-refractivity contribution is 7.06. The molecule has 0 unspecified atom stereocenters. The van der Waals surface area contributed by atoms with Crippen molar-refractivity contribution in [3.8, 4) is 0 Å². The smallest absolute Gasteiger partial charge is 0.223 e. The Balaban J connectivity index is 2.29. The van der Waals surface area contributed by atoms with E-state index in [1.54, 1.807) is 0 Å². The Bertz CT molecular complexity index is 882. The van der Waals surface area contributed by atoms with Gasteiger partial charge in [0.25, 0.3) is 0 Å². The summed E-state index contributed by atoms with van der Waals surface area (Å²) >= 11 is 0. The molecule has 0 spiro atoms. The number of benzene rings is 3. The van der Waals surface area contributed by atoms with E-state index in [2.05, 4.69) is 25.8 Å². The SMILES string of the molecule is CC(C)(C)[Si](Nc1cc(F)c(F)cc1F)(c1ccccc1)c1ccccc1. The van der Waals surface area contributed by atoms with Gasteiger partial charge in [-0.05, 0) is 15.4 Å². The van der Waals surface area contributed by atoms with Crippen molar-refractivity contribution in [3.05, 3.63) is 90.2 Å². The molecule has 3 rings (SSSR count). The fraction of sp³-hybridized carbons (Fsp3) is 0.182. The monoisotopic (exact) mass is 385 g/mol. The Labute approximate surface area is 159 Å². The zero-order valence-corrected chi connectivity index (χ0v) is 16.6. The number of halogens is 3. The molecule has 0 aromatic heterocycles. The topological polar surface area (TPSA) is 12.0 Å². The molecule has 0 aliphatic heterocycles. The van der Waals surface area contributed by atoms with Crippen molar-refractivity contribution in [1.29, 1.82) is 0 Å². The van der Waals surface area contributed by atoms with E-state index in [4.69, 9.17) is 0 Å². The van der Waals surface area contributed by atoms with Gasteiger partial charge in [0.15, 0.2) is 11.6 Å². The van der Waals surface area contributed by atoms with Gasteiger partial charge >= 0.3 is 0 Å². The maximum absolute atomic E-state index is 14.5. The van der Waals surface area contributed by atoms with E-state index in [1.807, 2.05) is 60.7 Å². The van der Waals surface area contributed by atoms with Crippen LogP contribution in [0.4, 0.5) is 18.9 Å². The van der Waals surface area contributed by atoms with Crippen LogP contribution in [0.3, 0.4) is 0 Å². The molecule has 0 aliphatic carbocycles. The third-order valence-electron chi connectivity index (χ3n) is 4.87. The molecule has 5 heteroatoms. The molecule has 1 N–H and O–H groups in total. The van der Waals surface area contributed by atoms with Crippen molar-refractivity contribution < 1.29 is 13.2 Å². The van der Waals surface area contributed by atoms with Gasteiger partial charge in [0.1, 0.15) is 5.82 Å². The van der Waals surface area contributed by atoms with Crippen LogP contribution in [0.25, 0.3) is 0 Å². The highest BCUT2D eigenvalue weighted by Gasteiger charge is 2.49. The molecule has 3 aromatic rings. The molecule has 1 nitrogen and oxygen atoms in total. The average Bonchev–Trinajstić information content (AvgIpc) is 2.64. The molecule has 0 radical (unpaired) electrons. The second kappa shape index (κ2) is 7.23. The number of nitrogens with one attached hydrogen (secondary N) is 1. The van der Waals surface area contributed by atoms with E-state index in [0.29, 0.717) is 6.07 Å². The summed E-state index contributed by atoms with van der Waals surface area (Å²) in [5.74, 6) is -3.07. The minimum atomic E-state index is -2.84. The lowest BCUT2D eigenvalue weighted by Gasteiger charge is -2.44. The molecule has 0 saturated heterocycles. The molecule has 3 aromatic carbocycles. The first kappa shape index (κ1) is 19.2. The minimum absolute atomic E-state index is 0.0248. The summed E-state index contributed by atoms with van der Waals surface area (Å²) in [5, 5.41) is 1.77. The molecular weight excluding hydrogens is 363 g/mol. The summed E-state index contributed by atoms with van der Waals surface area (Å²) < 4.78 is 41.8. The second-order valence-corrected chi connectivity index (χ2v) is 12.0. The van der Waals surface area contributed by atoms with Crippen LogP contribution in [0.5, 0.6) is 0 Å². The van der Waals surface area contributed by atoms with Gasteiger partial charge in [0.05, 0.1) is 5.69 Å². The minimum Gasteiger partial charge on any atom is -0.401 e. The lowest BCUT2D eigenvalue weighted by Crippen LogP contribution is -2.70. The predicted octanol–water partition coefficient (Wildman–Crippen LogP) is 5.08. The Morgan fingerprint density at radius 3 is 1.56 bits per heavy atom. The van der Waals surface area contributed by atoms with Crippen LogP contribution in [0.15, 0.2) is 72.8 Å². The molecular formula is C22H22F3NSi. The van der Waals surface area contributed by atoms with Crippen LogP contribution >= 0.6 is 0 Å². The van der Waals surface area contributed by atoms with Crippen molar-refractivity contribution in [2.45, 2.75) is 25.8 Å². The van der Waals surface area contributed by atoms with Gasteiger partial charge in [-0.2, -0.15) is 0 Å². The zero-order valence-electron chi connectivity index (χ0n) is 15.6. The highest BCUT2D eigenvalue weighted by atomic mass is 28.3. The number of hydrogen-bond donors (Lipinski definition) is 1. The third-order valence-corrected chi connectivity index (χ3v) is 10.2. The summed E-state index contributed by atoms with van der Waals surface area (Å²) in [6.45, 7) is 6.26. The normalized spacial score (nSPS) is 12.1. The molecule has 0 saturated carbocycles. The Morgan fingerprint density at radius 2 is 1.11 bits per heavy atom. The number of hydrogen-bond acceptors (Lipinski definition) is 1. The average molecular weight is 386 g/mol. The molecule has 27 heavy (non-hydrogen) atoms. The maximum Gasteiger partial charge on any atom is 0.223 e. The molecule has 0 fully saturated rings. The quantitative estimate of drug-likeness (QED) is 0.488. The van der Waals surface area contributed by atoms with Crippen LogP contribution in [-0.4, -0.2) is 8.24 Å². The molecule has 0 atom stereocenters. The number of rotatable bonds is 4. The first-order chi connectivity index (χ1) is 12.8. The van der Waals surface area contributed by atoms with E-state index < -0.39 is 25.7 Å². The van der Waals surface area contributed by atoms with Crippen LogP contribution in [0.2, 0.25) is 5.04 Å². The molecule has 0 aliphatic rings. The van der Waals surface area contributed by atoms with Crippen molar-refractivity contribution in [1.82, 2.24) is 0 Å². The van der Waals surface area contributed by atoms with Gasteiger partial charge in [-0.15, -0.1) is 0 Å². The fourth-order valence-electron chi connectivity index (χ4n) is 3.56. The van der Waals surface area contributed by atoms with Crippen molar-refractivity contribution >= 4 is 24.3 Å². The molecule has 0 heterocycles. The molecule has 0 bridgehead atoms. The summed E-state index contributed by atoms with van der Waals surface area (Å²) in [7, 11) is -2.84. The highest BCUT2D eigenvalue weighted by Crippen LogP contribution is 2.37. The van der Waals surface area contributed by atoms with Gasteiger partial charge in [0.2, 0.25) is 8.24 Å². The Hall–Kier alpha value is -2.53. The third kappa shape index (κ3) is 3.52. The summed E-state index contributed by atoms with van der Waals surface area (Å²) in [6, 6.07) is 21.1. The van der Waals surface area contributed by atoms with Crippen molar-refractivity contribution in [2.24, 2.45) is 0 Å². The van der Waals surface area contributed by atoms with Gasteiger partial charge < -0.3 is 4.98 Å². The zero-order chi connectivity index (χ0) is 19.7. The largest absolute Gasteiger partial charge is 0.401 e.